The zero-order valence-corrected chi connectivity index (χ0v) is 12.3. The highest BCUT2D eigenvalue weighted by atomic mass is 16.5. The van der Waals surface area contributed by atoms with Crippen LogP contribution in [0.1, 0.15) is 23.7 Å². The van der Waals surface area contributed by atoms with Gasteiger partial charge in [-0.05, 0) is 56.2 Å². The van der Waals surface area contributed by atoms with Crippen LogP contribution in [0.25, 0.3) is 0 Å². The first-order chi connectivity index (χ1) is 10.0. The van der Waals surface area contributed by atoms with E-state index in [2.05, 4.69) is 5.10 Å². The molecule has 2 rings (SSSR count). The summed E-state index contributed by atoms with van der Waals surface area (Å²) < 4.78 is 6.65. The van der Waals surface area contributed by atoms with Gasteiger partial charge in [0.2, 0.25) is 0 Å². The molecule has 5 heteroatoms. The molecule has 0 aliphatic heterocycles. The topological polar surface area (TPSA) is 63.8 Å². The van der Waals surface area contributed by atoms with Gasteiger partial charge < -0.3 is 9.84 Å². The number of hydrogen-bond donors (Lipinski definition) is 1. The lowest BCUT2D eigenvalue weighted by Crippen LogP contribution is -2.18. The van der Waals surface area contributed by atoms with Crippen LogP contribution in [-0.2, 0) is 0 Å². The predicted molar refractivity (Wildman–Crippen MR) is 82.4 cm³/mol. The lowest BCUT2D eigenvalue weighted by molar-refractivity contribution is 0.318. The van der Waals surface area contributed by atoms with Crippen LogP contribution in [-0.4, -0.2) is 22.6 Å². The number of nitrogens with zero attached hydrogens (tertiary/aromatic N) is 2. The molecule has 0 bridgehead atoms. The second-order valence-corrected chi connectivity index (χ2v) is 4.73. The summed E-state index contributed by atoms with van der Waals surface area (Å²) in [5.41, 5.74) is 2.24. The van der Waals surface area contributed by atoms with Crippen LogP contribution >= 0.6 is 0 Å². The summed E-state index contributed by atoms with van der Waals surface area (Å²) in [4.78, 5) is 11.9. The molecule has 1 heterocycles. The maximum Gasteiger partial charge on any atom is 0.271 e. The molecule has 1 N–H and O–H groups in total. The minimum atomic E-state index is -0.174. The van der Waals surface area contributed by atoms with Gasteiger partial charge in [0.1, 0.15) is 0 Å². The van der Waals surface area contributed by atoms with Gasteiger partial charge in [-0.15, -0.1) is 0 Å². The van der Waals surface area contributed by atoms with Gasteiger partial charge >= 0.3 is 0 Å². The summed E-state index contributed by atoms with van der Waals surface area (Å²) >= 11 is 0. The van der Waals surface area contributed by atoms with Crippen LogP contribution in [0, 0.1) is 13.8 Å². The van der Waals surface area contributed by atoms with E-state index in [4.69, 9.17) is 4.74 Å². The molecule has 0 atom stereocenters. The van der Waals surface area contributed by atoms with E-state index in [1.807, 2.05) is 26.8 Å². The summed E-state index contributed by atoms with van der Waals surface area (Å²) in [5, 5.41) is 13.8. The highest BCUT2D eigenvalue weighted by Crippen LogP contribution is 2.26. The largest absolute Gasteiger partial charge is 0.504 e. The van der Waals surface area contributed by atoms with E-state index in [0.29, 0.717) is 12.4 Å². The molecule has 21 heavy (non-hydrogen) atoms. The van der Waals surface area contributed by atoms with Crippen molar-refractivity contribution in [3.8, 4) is 11.5 Å². The average molecular weight is 286 g/mol. The van der Waals surface area contributed by atoms with Crippen molar-refractivity contribution in [3.63, 3.8) is 0 Å². The Labute approximate surface area is 123 Å². The zero-order valence-electron chi connectivity index (χ0n) is 12.3. The fourth-order valence-electron chi connectivity index (χ4n) is 2.02. The summed E-state index contributed by atoms with van der Waals surface area (Å²) in [5.74, 6) is 0.479. The predicted octanol–water partition coefficient (Wildman–Crippen LogP) is 2.45. The molecule has 0 aliphatic rings. The van der Waals surface area contributed by atoms with E-state index in [-0.39, 0.29) is 11.3 Å². The summed E-state index contributed by atoms with van der Waals surface area (Å²) in [7, 11) is 0. The Morgan fingerprint density at radius 2 is 2.05 bits per heavy atom. The molecule has 0 unspecified atom stereocenters. The Hall–Kier alpha value is -2.56. The number of aromatic hydroxyl groups is 1. The first-order valence-corrected chi connectivity index (χ1v) is 6.71. The van der Waals surface area contributed by atoms with Crippen molar-refractivity contribution in [3.05, 3.63) is 57.5 Å². The van der Waals surface area contributed by atoms with Crippen LogP contribution in [0.15, 0.2) is 40.2 Å². The van der Waals surface area contributed by atoms with Gasteiger partial charge in [0, 0.05) is 11.8 Å². The molecule has 5 nitrogen and oxygen atoms in total. The van der Waals surface area contributed by atoms with E-state index >= 15 is 0 Å². The third-order valence-corrected chi connectivity index (χ3v) is 2.94. The van der Waals surface area contributed by atoms with Crippen molar-refractivity contribution >= 4 is 6.21 Å². The van der Waals surface area contributed by atoms with Crippen LogP contribution in [0.2, 0.25) is 0 Å². The van der Waals surface area contributed by atoms with Gasteiger partial charge in [-0.2, -0.15) is 5.10 Å². The maximum atomic E-state index is 11.9. The summed E-state index contributed by atoms with van der Waals surface area (Å²) in [6, 6.07) is 8.35. The van der Waals surface area contributed by atoms with Gasteiger partial charge in [0.05, 0.1) is 12.8 Å². The number of rotatable bonds is 4. The minimum Gasteiger partial charge on any atom is -0.504 e. The van der Waals surface area contributed by atoms with Crippen LogP contribution in [0.3, 0.4) is 0 Å². The van der Waals surface area contributed by atoms with Crippen LogP contribution in [0.4, 0.5) is 0 Å². The van der Waals surface area contributed by atoms with E-state index in [0.717, 1.165) is 16.8 Å². The number of phenolic OH excluding ortho intramolecular Hbond substituents is 1. The van der Waals surface area contributed by atoms with Gasteiger partial charge in [-0.3, -0.25) is 4.79 Å². The fourth-order valence-corrected chi connectivity index (χ4v) is 2.02. The Bertz CT molecular complexity index is 733. The zero-order chi connectivity index (χ0) is 15.4. The van der Waals surface area contributed by atoms with E-state index in [1.54, 1.807) is 18.3 Å². The minimum absolute atomic E-state index is 0.0812. The monoisotopic (exact) mass is 286 g/mol. The smallest absolute Gasteiger partial charge is 0.271 e. The molecule has 0 radical (unpaired) electrons. The molecule has 0 saturated carbocycles. The number of aryl methyl sites for hydroxylation is 2. The number of hydrogen-bond acceptors (Lipinski definition) is 4. The lowest BCUT2D eigenvalue weighted by Gasteiger charge is -2.07. The molecule has 0 fully saturated rings. The molecule has 110 valence electrons. The normalized spacial score (nSPS) is 11.0. The second-order valence-electron chi connectivity index (χ2n) is 4.73. The van der Waals surface area contributed by atoms with Crippen molar-refractivity contribution in [1.82, 2.24) is 4.68 Å². The third kappa shape index (κ3) is 3.51. The molecular weight excluding hydrogens is 268 g/mol. The van der Waals surface area contributed by atoms with Crippen molar-refractivity contribution in [2.45, 2.75) is 20.8 Å². The maximum absolute atomic E-state index is 11.9. The van der Waals surface area contributed by atoms with Gasteiger partial charge in [-0.25, -0.2) is 4.68 Å². The quantitative estimate of drug-likeness (QED) is 0.878. The van der Waals surface area contributed by atoms with Crippen molar-refractivity contribution in [2.24, 2.45) is 5.10 Å². The molecule has 0 spiro atoms. The number of phenols is 1. The standard InChI is InChI=1S/C16H18N2O3/c1-4-21-15-9-13(5-6-14(15)19)10-17-18-12(3)7-11(2)8-16(18)20/h5-10,19H,4H2,1-3H3. The second kappa shape index (κ2) is 6.26. The fraction of sp³-hybridized carbons (Fsp3) is 0.250. The number of benzene rings is 1. The highest BCUT2D eigenvalue weighted by molar-refractivity contribution is 5.80. The van der Waals surface area contributed by atoms with Crippen molar-refractivity contribution in [1.29, 1.82) is 0 Å². The summed E-state index contributed by atoms with van der Waals surface area (Å²) in [6.45, 7) is 6.01. The first kappa shape index (κ1) is 14.8. The van der Waals surface area contributed by atoms with Crippen LogP contribution in [0.5, 0.6) is 11.5 Å². The van der Waals surface area contributed by atoms with Crippen molar-refractivity contribution < 1.29 is 9.84 Å². The van der Waals surface area contributed by atoms with Crippen LogP contribution < -0.4 is 10.3 Å². The number of ether oxygens (including phenoxy) is 1. The molecule has 0 amide bonds. The molecule has 1 aromatic heterocycles. The first-order valence-electron chi connectivity index (χ1n) is 6.71. The van der Waals surface area contributed by atoms with Gasteiger partial charge in [0.25, 0.3) is 5.56 Å². The Balaban J connectivity index is 2.34. The van der Waals surface area contributed by atoms with Gasteiger partial charge in [-0.1, -0.05) is 0 Å². The average Bonchev–Trinajstić information content (AvgIpc) is 2.41. The Morgan fingerprint density at radius 1 is 1.29 bits per heavy atom. The SMILES string of the molecule is CCOc1cc(C=Nn2c(C)cc(C)cc2=O)ccc1O. The molecule has 2 aromatic rings. The third-order valence-electron chi connectivity index (χ3n) is 2.94. The lowest BCUT2D eigenvalue weighted by atomic mass is 10.2. The molecule has 1 aromatic carbocycles. The Morgan fingerprint density at radius 3 is 2.71 bits per heavy atom. The van der Waals surface area contributed by atoms with E-state index in [1.165, 1.54) is 16.8 Å². The molecule has 0 aliphatic carbocycles. The highest BCUT2D eigenvalue weighted by Gasteiger charge is 2.03. The van der Waals surface area contributed by atoms with Crippen molar-refractivity contribution in [2.75, 3.05) is 6.61 Å². The summed E-state index contributed by atoms with van der Waals surface area (Å²) in [6.07, 6.45) is 1.56. The molecule has 0 saturated heterocycles. The number of aromatic nitrogens is 1. The number of pyridine rings is 1. The Kier molecular flexibility index (Phi) is 4.42. The molecular formula is C16H18N2O3. The van der Waals surface area contributed by atoms with E-state index < -0.39 is 0 Å². The van der Waals surface area contributed by atoms with E-state index in [9.17, 15) is 9.90 Å². The van der Waals surface area contributed by atoms with Gasteiger partial charge in [0.15, 0.2) is 11.5 Å².